The Morgan fingerprint density at radius 1 is 1.39 bits per heavy atom. The van der Waals surface area contributed by atoms with Crippen molar-refractivity contribution in [3.8, 4) is 0 Å². The number of rotatable bonds is 2. The zero-order valence-corrected chi connectivity index (χ0v) is 16.4. The number of carbonyl (C=O) groups excluding carboxylic acids is 1. The topological polar surface area (TPSA) is 54.6 Å². The summed E-state index contributed by atoms with van der Waals surface area (Å²) in [5.74, 6) is 0.360. The van der Waals surface area contributed by atoms with Gasteiger partial charge in [-0.2, -0.15) is 0 Å². The van der Waals surface area contributed by atoms with Gasteiger partial charge in [0.1, 0.15) is 5.76 Å². The number of aliphatic imine (C=N–C) groups is 1. The molecule has 4 nitrogen and oxygen atoms in total. The molecule has 0 unspecified atom stereocenters. The molecule has 1 saturated heterocycles. The minimum Gasteiger partial charge on any atom is -0.449 e. The van der Waals surface area contributed by atoms with Crippen molar-refractivity contribution in [1.82, 2.24) is 5.32 Å². The summed E-state index contributed by atoms with van der Waals surface area (Å²) in [6.45, 7) is 1.89. The molecule has 2 heterocycles. The molecule has 1 fully saturated rings. The lowest BCUT2D eigenvalue weighted by atomic mass is 10.2. The highest BCUT2D eigenvalue weighted by molar-refractivity contribution is 9.13. The molecule has 1 aromatic heterocycles. The highest BCUT2D eigenvalue weighted by atomic mass is 79.9. The first-order valence-corrected chi connectivity index (χ1v) is 9.21. The second kappa shape index (κ2) is 6.84. The second-order valence-electron chi connectivity index (χ2n) is 4.64. The van der Waals surface area contributed by atoms with Crippen LogP contribution in [0.3, 0.4) is 0 Å². The second-order valence-corrected chi connectivity index (χ2v) is 7.65. The molecule has 0 radical (unpaired) electrons. The van der Waals surface area contributed by atoms with Crippen molar-refractivity contribution in [3.63, 3.8) is 0 Å². The van der Waals surface area contributed by atoms with Gasteiger partial charge in [-0.25, -0.2) is 4.99 Å². The van der Waals surface area contributed by atoms with E-state index in [0.717, 1.165) is 15.7 Å². The van der Waals surface area contributed by atoms with Crippen LogP contribution in [0.1, 0.15) is 11.3 Å². The van der Waals surface area contributed by atoms with E-state index in [1.54, 1.807) is 18.2 Å². The highest BCUT2D eigenvalue weighted by Gasteiger charge is 2.24. The molecular formula is C15H9Br2ClN2O2S. The molecule has 1 aromatic carbocycles. The number of carbonyl (C=O) groups is 1. The quantitative estimate of drug-likeness (QED) is 0.569. The summed E-state index contributed by atoms with van der Waals surface area (Å²) in [7, 11) is 0. The van der Waals surface area contributed by atoms with E-state index in [1.807, 2.05) is 19.1 Å². The van der Waals surface area contributed by atoms with E-state index in [2.05, 4.69) is 42.2 Å². The Morgan fingerprint density at radius 2 is 2.17 bits per heavy atom. The fourth-order valence-corrected chi connectivity index (χ4v) is 3.46. The maximum absolute atomic E-state index is 12.1. The number of thioether (sulfide) groups is 1. The van der Waals surface area contributed by atoms with Crippen LogP contribution < -0.4 is 5.32 Å². The summed E-state index contributed by atoms with van der Waals surface area (Å²) in [5, 5.41) is 3.89. The predicted molar refractivity (Wildman–Crippen MR) is 101 cm³/mol. The number of hydrogen-bond donors (Lipinski definition) is 1. The number of halogens is 3. The normalized spacial score (nSPS) is 18.0. The maximum atomic E-state index is 12.1. The van der Waals surface area contributed by atoms with Gasteiger partial charge in [-0.1, -0.05) is 17.7 Å². The van der Waals surface area contributed by atoms with Crippen LogP contribution in [0, 0.1) is 6.92 Å². The largest absolute Gasteiger partial charge is 0.449 e. The van der Waals surface area contributed by atoms with E-state index in [4.69, 9.17) is 16.0 Å². The molecule has 2 aromatic rings. The van der Waals surface area contributed by atoms with E-state index in [0.29, 0.717) is 25.5 Å². The molecule has 0 atom stereocenters. The van der Waals surface area contributed by atoms with Crippen molar-refractivity contribution >= 4 is 78.1 Å². The van der Waals surface area contributed by atoms with Crippen LogP contribution in [0.5, 0.6) is 0 Å². The lowest BCUT2D eigenvalue weighted by Gasteiger charge is -2.02. The van der Waals surface area contributed by atoms with Crippen LogP contribution in [0.15, 0.2) is 47.7 Å². The third-order valence-electron chi connectivity index (χ3n) is 3.05. The zero-order chi connectivity index (χ0) is 16.6. The van der Waals surface area contributed by atoms with Gasteiger partial charge in [0, 0.05) is 11.1 Å². The fourth-order valence-electron chi connectivity index (χ4n) is 1.87. The van der Waals surface area contributed by atoms with Crippen LogP contribution >= 0.6 is 55.2 Å². The average Bonchev–Trinajstić information content (AvgIpc) is 2.99. The molecule has 0 spiro atoms. The Hall–Kier alpha value is -1.02. The Balaban J connectivity index is 1.87. The third kappa shape index (κ3) is 3.74. The number of nitrogens with one attached hydrogen (secondary N) is 1. The van der Waals surface area contributed by atoms with Gasteiger partial charge in [-0.15, -0.1) is 0 Å². The number of benzene rings is 1. The monoisotopic (exact) mass is 474 g/mol. The zero-order valence-electron chi connectivity index (χ0n) is 11.7. The summed E-state index contributed by atoms with van der Waals surface area (Å²) >= 11 is 13.9. The number of hydrogen-bond acceptors (Lipinski definition) is 4. The van der Waals surface area contributed by atoms with Crippen molar-refractivity contribution in [1.29, 1.82) is 0 Å². The molecule has 1 N–H and O–H groups in total. The first kappa shape index (κ1) is 16.8. The van der Waals surface area contributed by atoms with Crippen molar-refractivity contribution in [2.75, 3.05) is 0 Å². The molecule has 1 amide bonds. The maximum Gasteiger partial charge on any atom is 0.264 e. The minimum absolute atomic E-state index is 0.211. The van der Waals surface area contributed by atoms with Gasteiger partial charge in [0.25, 0.3) is 5.91 Å². The van der Waals surface area contributed by atoms with Crippen LogP contribution in [0.2, 0.25) is 5.02 Å². The van der Waals surface area contributed by atoms with Gasteiger partial charge in [0.05, 0.1) is 15.1 Å². The summed E-state index contributed by atoms with van der Waals surface area (Å²) in [6.07, 6.45) is 1.67. The van der Waals surface area contributed by atoms with Crippen LogP contribution in [0.4, 0.5) is 5.69 Å². The van der Waals surface area contributed by atoms with Crippen molar-refractivity contribution < 1.29 is 9.21 Å². The molecule has 1 aliphatic heterocycles. The van der Waals surface area contributed by atoms with E-state index in [1.165, 1.54) is 11.8 Å². The Morgan fingerprint density at radius 3 is 2.87 bits per heavy atom. The first-order chi connectivity index (χ1) is 10.9. The molecular weight excluding hydrogens is 468 g/mol. The molecule has 3 rings (SSSR count). The van der Waals surface area contributed by atoms with Crippen molar-refractivity contribution in [2.24, 2.45) is 4.99 Å². The van der Waals surface area contributed by atoms with Gasteiger partial charge in [-0.05, 0) is 74.3 Å². The van der Waals surface area contributed by atoms with E-state index >= 15 is 0 Å². The van der Waals surface area contributed by atoms with Crippen LogP contribution in [0.25, 0.3) is 6.08 Å². The standard InChI is InChI=1S/C15H9Br2ClN2O2S/c1-7-10(18)3-2-4-11(7)19-15-20-14(21)12(23-15)6-8-5-9(16)13(17)22-8/h2-6H,1H3,(H,19,20,21)/b12-6-. The number of amidine groups is 1. The third-order valence-corrected chi connectivity index (χ3v) is 6.08. The predicted octanol–water partition coefficient (Wildman–Crippen LogP) is 5.66. The van der Waals surface area contributed by atoms with Crippen molar-refractivity contribution in [2.45, 2.75) is 6.92 Å². The van der Waals surface area contributed by atoms with E-state index < -0.39 is 0 Å². The van der Waals surface area contributed by atoms with Gasteiger partial charge < -0.3 is 9.73 Å². The fraction of sp³-hybridized carbons (Fsp3) is 0.0667. The number of furan rings is 1. The Kier molecular flexibility index (Phi) is 5.01. The molecule has 8 heteroatoms. The summed E-state index contributed by atoms with van der Waals surface area (Å²) in [4.78, 5) is 17.0. The van der Waals surface area contributed by atoms with Crippen molar-refractivity contribution in [3.05, 3.63) is 54.7 Å². The average molecular weight is 477 g/mol. The Labute approximate surface area is 158 Å². The van der Waals surface area contributed by atoms with Gasteiger partial charge in [-0.3, -0.25) is 4.79 Å². The van der Waals surface area contributed by atoms with Gasteiger partial charge >= 0.3 is 0 Å². The molecule has 0 saturated carbocycles. The summed E-state index contributed by atoms with van der Waals surface area (Å²) in [5.41, 5.74) is 1.60. The van der Waals surface area contributed by atoms with Crippen LogP contribution in [-0.4, -0.2) is 11.1 Å². The van der Waals surface area contributed by atoms with E-state index in [-0.39, 0.29) is 5.91 Å². The lowest BCUT2D eigenvalue weighted by molar-refractivity contribution is -0.115. The molecule has 0 bridgehead atoms. The van der Waals surface area contributed by atoms with Gasteiger partial charge in [0.15, 0.2) is 9.84 Å². The summed E-state index contributed by atoms with van der Waals surface area (Å²) in [6, 6.07) is 7.26. The molecule has 1 aliphatic rings. The van der Waals surface area contributed by atoms with Gasteiger partial charge in [0.2, 0.25) is 0 Å². The highest BCUT2D eigenvalue weighted by Crippen LogP contribution is 2.33. The molecule has 0 aliphatic carbocycles. The minimum atomic E-state index is -0.211. The van der Waals surface area contributed by atoms with Crippen LogP contribution in [-0.2, 0) is 4.79 Å². The Bertz CT molecular complexity index is 842. The SMILES string of the molecule is Cc1c(Cl)cccc1N=C1NC(=O)/C(=C/c2cc(Br)c(Br)o2)S1. The summed E-state index contributed by atoms with van der Waals surface area (Å²) < 4.78 is 6.82. The lowest BCUT2D eigenvalue weighted by Crippen LogP contribution is -2.19. The first-order valence-electron chi connectivity index (χ1n) is 6.43. The smallest absolute Gasteiger partial charge is 0.264 e. The molecule has 118 valence electrons. The molecule has 23 heavy (non-hydrogen) atoms. The number of nitrogens with zero attached hydrogens (tertiary/aromatic N) is 1. The van der Waals surface area contributed by atoms with E-state index in [9.17, 15) is 4.79 Å². The number of amides is 1.